The summed E-state index contributed by atoms with van der Waals surface area (Å²) in [5.74, 6) is -4.37. The van der Waals surface area contributed by atoms with Gasteiger partial charge in [-0.15, -0.1) is 0 Å². The fraction of sp³-hybridized carbons (Fsp3) is 0.556. The van der Waals surface area contributed by atoms with Crippen molar-refractivity contribution in [3.05, 3.63) is 29.6 Å². The van der Waals surface area contributed by atoms with Gasteiger partial charge in [0.15, 0.2) is 23.4 Å². The summed E-state index contributed by atoms with van der Waals surface area (Å²) in [5.41, 5.74) is -0.408. The molecule has 10 heteroatoms. The number of nitrogens with zero attached hydrogens (tertiary/aromatic N) is 3. The van der Waals surface area contributed by atoms with Crippen LogP contribution in [0, 0.1) is 17.5 Å². The molecule has 2 heterocycles. The fourth-order valence-corrected chi connectivity index (χ4v) is 3.48. The van der Waals surface area contributed by atoms with Gasteiger partial charge < -0.3 is 20.3 Å². The molecule has 7 nitrogen and oxygen atoms in total. The van der Waals surface area contributed by atoms with Crippen LogP contribution in [-0.2, 0) is 9.53 Å². The number of morpholine rings is 1. The van der Waals surface area contributed by atoms with Gasteiger partial charge in [-0.3, -0.25) is 14.7 Å². The minimum Gasteiger partial charge on any atom is -0.379 e. The van der Waals surface area contributed by atoms with Gasteiger partial charge in [0.05, 0.1) is 25.4 Å². The zero-order valence-corrected chi connectivity index (χ0v) is 15.7. The summed E-state index contributed by atoms with van der Waals surface area (Å²) < 4.78 is 45.3. The molecular formula is C18H24F3N5O2. The van der Waals surface area contributed by atoms with Crippen LogP contribution in [0.5, 0.6) is 0 Å². The monoisotopic (exact) mass is 399 g/mol. The van der Waals surface area contributed by atoms with Gasteiger partial charge in [0.25, 0.3) is 0 Å². The van der Waals surface area contributed by atoms with Crippen LogP contribution in [0.25, 0.3) is 0 Å². The first-order chi connectivity index (χ1) is 13.5. The molecule has 2 aliphatic heterocycles. The molecule has 1 amide bonds. The van der Waals surface area contributed by atoms with Crippen molar-refractivity contribution >= 4 is 17.6 Å². The average molecular weight is 399 g/mol. The number of carbonyl (C=O) groups excluding carboxylic acids is 1. The van der Waals surface area contributed by atoms with Crippen LogP contribution in [0.4, 0.5) is 18.9 Å². The first-order valence-corrected chi connectivity index (χ1v) is 9.20. The molecule has 1 unspecified atom stereocenters. The number of hydrogen-bond acceptors (Lipinski definition) is 4. The minimum absolute atomic E-state index is 0.177. The van der Waals surface area contributed by atoms with Crippen LogP contribution >= 0.6 is 0 Å². The molecular weight excluding hydrogens is 375 g/mol. The van der Waals surface area contributed by atoms with Gasteiger partial charge in [-0.05, 0) is 18.6 Å². The number of ether oxygens (including phenoxy) is 1. The lowest BCUT2D eigenvalue weighted by Gasteiger charge is -2.32. The molecule has 0 radical (unpaired) electrons. The van der Waals surface area contributed by atoms with Crippen LogP contribution < -0.4 is 10.6 Å². The lowest BCUT2D eigenvalue weighted by molar-refractivity contribution is -0.115. The number of halogens is 3. The summed E-state index contributed by atoms with van der Waals surface area (Å²) in [5, 5.41) is 5.16. The van der Waals surface area contributed by atoms with Gasteiger partial charge in [-0.1, -0.05) is 0 Å². The minimum atomic E-state index is -1.62. The van der Waals surface area contributed by atoms with Crippen molar-refractivity contribution in [3.8, 4) is 0 Å². The van der Waals surface area contributed by atoms with E-state index in [-0.39, 0.29) is 6.54 Å². The van der Waals surface area contributed by atoms with E-state index < -0.39 is 29.0 Å². The molecule has 2 aliphatic rings. The Bertz CT molecular complexity index is 740. The second-order valence-corrected chi connectivity index (χ2v) is 6.71. The van der Waals surface area contributed by atoms with Gasteiger partial charge >= 0.3 is 0 Å². The van der Waals surface area contributed by atoms with Crippen LogP contribution in [0.15, 0.2) is 17.1 Å². The highest BCUT2D eigenvalue weighted by Gasteiger charge is 2.30. The summed E-state index contributed by atoms with van der Waals surface area (Å²) in [7, 11) is 1.62. The number of rotatable bonds is 4. The van der Waals surface area contributed by atoms with E-state index >= 15 is 0 Å². The quantitative estimate of drug-likeness (QED) is 0.450. The zero-order valence-electron chi connectivity index (χ0n) is 15.7. The first kappa shape index (κ1) is 20.4. The summed E-state index contributed by atoms with van der Waals surface area (Å²) in [6, 6.07) is 2.15. The topological polar surface area (TPSA) is 69.2 Å². The number of carbonyl (C=O) groups is 1. The predicted molar refractivity (Wildman–Crippen MR) is 98.7 cm³/mol. The van der Waals surface area contributed by atoms with Crippen molar-refractivity contribution in [1.82, 2.24) is 15.1 Å². The molecule has 28 heavy (non-hydrogen) atoms. The van der Waals surface area contributed by atoms with Crippen molar-refractivity contribution in [2.75, 3.05) is 58.3 Å². The number of aliphatic imine (C=N–C) groups is 1. The van der Waals surface area contributed by atoms with E-state index in [2.05, 4.69) is 25.4 Å². The predicted octanol–water partition coefficient (Wildman–Crippen LogP) is 1.02. The zero-order chi connectivity index (χ0) is 20.1. The molecule has 2 fully saturated rings. The van der Waals surface area contributed by atoms with E-state index in [1.165, 1.54) is 0 Å². The van der Waals surface area contributed by atoms with Gasteiger partial charge in [-0.2, -0.15) is 0 Å². The van der Waals surface area contributed by atoms with Gasteiger partial charge in [0.1, 0.15) is 0 Å². The van der Waals surface area contributed by atoms with Crippen LogP contribution in [0.2, 0.25) is 0 Å². The smallest absolute Gasteiger partial charge is 0.243 e. The third-order valence-electron chi connectivity index (χ3n) is 4.95. The second-order valence-electron chi connectivity index (χ2n) is 6.71. The van der Waals surface area contributed by atoms with Crippen molar-refractivity contribution in [3.63, 3.8) is 0 Å². The Balaban J connectivity index is 1.50. The molecule has 0 aromatic heterocycles. The van der Waals surface area contributed by atoms with E-state index in [1.54, 1.807) is 7.05 Å². The van der Waals surface area contributed by atoms with Crippen molar-refractivity contribution in [2.45, 2.75) is 12.5 Å². The van der Waals surface area contributed by atoms with E-state index in [0.29, 0.717) is 12.0 Å². The molecule has 1 aromatic rings. The highest BCUT2D eigenvalue weighted by atomic mass is 19.2. The van der Waals surface area contributed by atoms with Crippen molar-refractivity contribution in [2.24, 2.45) is 4.99 Å². The number of likely N-dealkylation sites (tertiary alicyclic amines) is 1. The molecule has 2 N–H and O–H groups in total. The maximum Gasteiger partial charge on any atom is 0.243 e. The number of hydrogen-bond donors (Lipinski definition) is 2. The highest BCUT2D eigenvalue weighted by Crippen LogP contribution is 2.19. The number of guanidine groups is 1. The van der Waals surface area contributed by atoms with Crippen LogP contribution in [0.3, 0.4) is 0 Å². The van der Waals surface area contributed by atoms with E-state index in [0.717, 1.165) is 57.9 Å². The normalized spacial score (nSPS) is 21.1. The molecule has 154 valence electrons. The van der Waals surface area contributed by atoms with E-state index in [4.69, 9.17) is 4.74 Å². The Morgan fingerprint density at radius 3 is 2.68 bits per heavy atom. The van der Waals surface area contributed by atoms with Crippen molar-refractivity contribution < 1.29 is 22.7 Å². The summed E-state index contributed by atoms with van der Waals surface area (Å²) in [4.78, 5) is 20.7. The Morgan fingerprint density at radius 2 is 1.96 bits per heavy atom. The molecule has 3 rings (SSSR count). The second kappa shape index (κ2) is 9.24. The van der Waals surface area contributed by atoms with Crippen LogP contribution in [0.1, 0.15) is 6.42 Å². The maximum atomic E-state index is 13.7. The Hall–Kier alpha value is -2.33. The highest BCUT2D eigenvalue weighted by molar-refractivity contribution is 5.95. The molecule has 0 aliphatic carbocycles. The molecule has 1 atom stereocenters. The number of nitrogens with one attached hydrogen (secondary N) is 2. The van der Waals surface area contributed by atoms with Gasteiger partial charge in [-0.25, -0.2) is 13.2 Å². The molecule has 0 bridgehead atoms. The van der Waals surface area contributed by atoms with Gasteiger partial charge in [0, 0.05) is 39.3 Å². The van der Waals surface area contributed by atoms with E-state index in [1.807, 2.05) is 0 Å². The molecule has 2 saturated heterocycles. The third kappa shape index (κ3) is 4.74. The Morgan fingerprint density at radius 1 is 1.21 bits per heavy atom. The maximum absolute atomic E-state index is 13.7. The summed E-state index contributed by atoms with van der Waals surface area (Å²) in [6.45, 7) is 4.72. The summed E-state index contributed by atoms with van der Waals surface area (Å²) >= 11 is 0. The number of amides is 1. The third-order valence-corrected chi connectivity index (χ3v) is 4.95. The lowest BCUT2D eigenvalue weighted by Crippen LogP contribution is -2.47. The van der Waals surface area contributed by atoms with E-state index in [9.17, 15) is 18.0 Å². The number of anilines is 1. The molecule has 1 aromatic carbocycles. The molecule has 0 saturated carbocycles. The SMILES string of the molecule is CN=C(NCC(=O)Nc1ccc(F)c(F)c1F)N1CCC(N2CCOCC2)C1. The standard InChI is InChI=1S/C18H24F3N5O2/c1-22-18(26-5-4-12(11-26)25-6-8-28-9-7-25)23-10-15(27)24-14-3-2-13(19)16(20)17(14)21/h2-3,12H,4-11H2,1H3,(H,22,23)(H,24,27). The van der Waals surface area contributed by atoms with Crippen molar-refractivity contribution in [1.29, 1.82) is 0 Å². The Kier molecular flexibility index (Phi) is 6.74. The number of benzene rings is 1. The summed E-state index contributed by atoms with van der Waals surface area (Å²) in [6.07, 6.45) is 0.993. The average Bonchev–Trinajstić information content (AvgIpc) is 3.20. The molecule has 0 spiro atoms. The lowest BCUT2D eigenvalue weighted by atomic mass is 10.2. The van der Waals surface area contributed by atoms with Gasteiger partial charge in [0.2, 0.25) is 5.91 Å². The first-order valence-electron chi connectivity index (χ1n) is 9.20. The Labute approximate surface area is 161 Å². The largest absolute Gasteiger partial charge is 0.379 e. The fourth-order valence-electron chi connectivity index (χ4n) is 3.48. The van der Waals surface area contributed by atoms with Crippen LogP contribution in [-0.4, -0.2) is 80.7 Å².